The largest absolute Gasteiger partial charge is 0.457 e. The number of hydrogen-bond acceptors (Lipinski definition) is 3. The Bertz CT molecular complexity index is 433. The highest BCUT2D eigenvalue weighted by molar-refractivity contribution is 9.10. The van der Waals surface area contributed by atoms with E-state index in [0.29, 0.717) is 23.3 Å². The van der Waals surface area contributed by atoms with E-state index in [-0.39, 0.29) is 29.8 Å². The van der Waals surface area contributed by atoms with Gasteiger partial charge >= 0.3 is 0 Å². The first-order valence-corrected chi connectivity index (χ1v) is 6.48. The Morgan fingerprint density at radius 1 is 1.61 bits per heavy atom. The minimum absolute atomic E-state index is 0. The van der Waals surface area contributed by atoms with E-state index in [1.54, 1.807) is 6.07 Å². The van der Waals surface area contributed by atoms with E-state index in [1.807, 2.05) is 4.90 Å². The molecule has 0 aromatic carbocycles. The van der Waals surface area contributed by atoms with Crippen molar-refractivity contribution in [3.05, 3.63) is 22.6 Å². The van der Waals surface area contributed by atoms with E-state index in [1.165, 1.54) is 6.26 Å². The summed E-state index contributed by atoms with van der Waals surface area (Å²) in [6.07, 6.45) is 2.33. The summed E-state index contributed by atoms with van der Waals surface area (Å²) in [7, 11) is 0. The lowest BCUT2D eigenvalue weighted by Gasteiger charge is -2.42. The van der Waals surface area contributed by atoms with Crippen molar-refractivity contribution in [2.45, 2.75) is 26.3 Å². The number of amides is 1. The van der Waals surface area contributed by atoms with E-state index >= 15 is 0 Å². The topological polar surface area (TPSA) is 59.5 Å². The molecule has 1 aromatic heterocycles. The number of rotatable bonds is 1. The smallest absolute Gasteiger partial charge is 0.257 e. The predicted octanol–water partition coefficient (Wildman–Crippen LogP) is 2.66. The molecule has 4 nitrogen and oxygen atoms in total. The highest BCUT2D eigenvalue weighted by Gasteiger charge is 2.35. The fourth-order valence-corrected chi connectivity index (χ4v) is 2.49. The Labute approximate surface area is 121 Å². The predicted molar refractivity (Wildman–Crippen MR) is 75.9 cm³/mol. The minimum Gasteiger partial charge on any atom is -0.457 e. The van der Waals surface area contributed by atoms with Crippen LogP contribution >= 0.6 is 28.3 Å². The van der Waals surface area contributed by atoms with Gasteiger partial charge in [0.2, 0.25) is 0 Å². The van der Waals surface area contributed by atoms with Crippen LogP contribution in [0.5, 0.6) is 0 Å². The molecule has 1 aromatic rings. The Kier molecular flexibility index (Phi) is 4.86. The number of furan rings is 1. The summed E-state index contributed by atoms with van der Waals surface area (Å²) in [6, 6.07) is 1.85. The maximum atomic E-state index is 12.2. The van der Waals surface area contributed by atoms with Crippen molar-refractivity contribution in [1.29, 1.82) is 0 Å². The van der Waals surface area contributed by atoms with Crippen LogP contribution in [0.2, 0.25) is 0 Å². The summed E-state index contributed by atoms with van der Waals surface area (Å²) < 4.78 is 5.67. The number of halogens is 2. The second kappa shape index (κ2) is 5.63. The average molecular weight is 338 g/mol. The molecule has 2 rings (SSSR count). The molecule has 102 valence electrons. The van der Waals surface area contributed by atoms with Crippen molar-refractivity contribution in [3.8, 4) is 0 Å². The summed E-state index contributed by atoms with van der Waals surface area (Å²) in [5, 5.41) is 0. The second-order valence-corrected chi connectivity index (χ2v) is 6.03. The molecule has 1 aliphatic heterocycles. The van der Waals surface area contributed by atoms with E-state index in [4.69, 9.17) is 10.2 Å². The SMILES string of the molecule is CC1(C)CN(C(=O)c2coc(Br)c2)CCC1N.Cl. The van der Waals surface area contributed by atoms with Crippen LogP contribution < -0.4 is 5.73 Å². The molecule has 0 radical (unpaired) electrons. The fourth-order valence-electron chi connectivity index (χ4n) is 2.15. The normalized spacial score (nSPS) is 22.4. The quantitative estimate of drug-likeness (QED) is 0.857. The number of piperidine rings is 1. The zero-order valence-electron chi connectivity index (χ0n) is 10.5. The van der Waals surface area contributed by atoms with Crippen LogP contribution in [0.25, 0.3) is 0 Å². The van der Waals surface area contributed by atoms with Crippen molar-refractivity contribution < 1.29 is 9.21 Å². The van der Waals surface area contributed by atoms with E-state index in [9.17, 15) is 4.79 Å². The zero-order valence-corrected chi connectivity index (χ0v) is 12.9. The molecule has 0 saturated carbocycles. The number of carbonyl (C=O) groups is 1. The van der Waals surface area contributed by atoms with Crippen LogP contribution in [0, 0.1) is 5.41 Å². The summed E-state index contributed by atoms with van der Waals surface area (Å²) in [5.41, 5.74) is 6.61. The highest BCUT2D eigenvalue weighted by atomic mass is 79.9. The molecular formula is C12H18BrClN2O2. The van der Waals surface area contributed by atoms with Crippen LogP contribution in [-0.4, -0.2) is 29.9 Å². The molecule has 6 heteroatoms. The Morgan fingerprint density at radius 3 is 2.78 bits per heavy atom. The van der Waals surface area contributed by atoms with E-state index < -0.39 is 0 Å². The number of hydrogen-bond donors (Lipinski definition) is 1. The zero-order chi connectivity index (χ0) is 12.6. The lowest BCUT2D eigenvalue weighted by Crippen LogP contribution is -2.53. The molecule has 2 heterocycles. The summed E-state index contributed by atoms with van der Waals surface area (Å²) in [5.74, 6) is 0.0134. The molecule has 2 N–H and O–H groups in total. The number of nitrogens with zero attached hydrogens (tertiary/aromatic N) is 1. The van der Waals surface area contributed by atoms with Crippen molar-refractivity contribution >= 4 is 34.2 Å². The molecule has 1 amide bonds. The lowest BCUT2D eigenvalue weighted by molar-refractivity contribution is 0.0532. The van der Waals surface area contributed by atoms with Gasteiger partial charge in [-0.1, -0.05) is 13.8 Å². The van der Waals surface area contributed by atoms with E-state index in [2.05, 4.69) is 29.8 Å². The van der Waals surface area contributed by atoms with E-state index in [0.717, 1.165) is 6.42 Å². The van der Waals surface area contributed by atoms with Gasteiger partial charge in [0.15, 0.2) is 4.67 Å². The van der Waals surface area contributed by atoms with Gasteiger partial charge < -0.3 is 15.1 Å². The molecule has 1 unspecified atom stereocenters. The van der Waals surface area contributed by atoms with Crippen LogP contribution in [0.3, 0.4) is 0 Å². The van der Waals surface area contributed by atoms with Crippen LogP contribution in [0.15, 0.2) is 21.4 Å². The minimum atomic E-state index is -0.0329. The van der Waals surface area contributed by atoms with Gasteiger partial charge in [0.25, 0.3) is 5.91 Å². The highest BCUT2D eigenvalue weighted by Crippen LogP contribution is 2.29. The molecule has 0 bridgehead atoms. The third kappa shape index (κ3) is 3.08. The fraction of sp³-hybridized carbons (Fsp3) is 0.583. The van der Waals surface area contributed by atoms with Gasteiger partial charge in [0, 0.05) is 25.2 Å². The van der Waals surface area contributed by atoms with Gasteiger partial charge in [-0.25, -0.2) is 0 Å². The van der Waals surface area contributed by atoms with Crippen LogP contribution in [-0.2, 0) is 0 Å². The Morgan fingerprint density at radius 2 is 2.28 bits per heavy atom. The molecule has 1 fully saturated rings. The molecule has 1 aliphatic rings. The third-order valence-electron chi connectivity index (χ3n) is 3.41. The third-order valence-corrected chi connectivity index (χ3v) is 3.83. The van der Waals surface area contributed by atoms with Gasteiger partial charge in [0.05, 0.1) is 5.56 Å². The van der Waals surface area contributed by atoms with Crippen molar-refractivity contribution in [2.24, 2.45) is 11.1 Å². The molecule has 0 aliphatic carbocycles. The van der Waals surface area contributed by atoms with Crippen molar-refractivity contribution in [1.82, 2.24) is 4.90 Å². The number of likely N-dealkylation sites (tertiary alicyclic amines) is 1. The summed E-state index contributed by atoms with van der Waals surface area (Å²) in [4.78, 5) is 14.1. The standard InChI is InChI=1S/C12H17BrN2O2.ClH/c1-12(2)7-15(4-3-9(12)14)11(16)8-5-10(13)17-6-8;/h5-6,9H,3-4,7,14H2,1-2H3;1H. The second-order valence-electron chi connectivity index (χ2n) is 5.25. The molecule has 18 heavy (non-hydrogen) atoms. The van der Waals surface area contributed by atoms with Crippen molar-refractivity contribution in [3.63, 3.8) is 0 Å². The molecule has 1 saturated heterocycles. The van der Waals surface area contributed by atoms with Gasteiger partial charge in [-0.2, -0.15) is 0 Å². The summed E-state index contributed by atoms with van der Waals surface area (Å²) in [6.45, 7) is 5.60. The maximum Gasteiger partial charge on any atom is 0.257 e. The van der Waals surface area contributed by atoms with Crippen molar-refractivity contribution in [2.75, 3.05) is 13.1 Å². The summed E-state index contributed by atoms with van der Waals surface area (Å²) >= 11 is 3.20. The lowest BCUT2D eigenvalue weighted by atomic mass is 9.79. The van der Waals surface area contributed by atoms with Crippen LogP contribution in [0.1, 0.15) is 30.6 Å². The Hall–Kier alpha value is -0.520. The van der Waals surface area contributed by atoms with Gasteiger partial charge in [0.1, 0.15) is 6.26 Å². The monoisotopic (exact) mass is 336 g/mol. The van der Waals surface area contributed by atoms with Gasteiger partial charge in [-0.05, 0) is 27.8 Å². The molecule has 1 atom stereocenters. The number of carbonyl (C=O) groups excluding carboxylic acids is 1. The molecule has 0 spiro atoms. The maximum absolute atomic E-state index is 12.2. The first-order chi connectivity index (χ1) is 7.90. The average Bonchev–Trinajstić information content (AvgIpc) is 2.68. The Balaban J connectivity index is 0.00000162. The van der Waals surface area contributed by atoms with Crippen LogP contribution in [0.4, 0.5) is 0 Å². The first kappa shape index (κ1) is 15.5. The van der Waals surface area contributed by atoms with Gasteiger partial charge in [-0.15, -0.1) is 12.4 Å². The molecular weight excluding hydrogens is 320 g/mol. The first-order valence-electron chi connectivity index (χ1n) is 5.69. The number of nitrogens with two attached hydrogens (primary N) is 1. The van der Waals surface area contributed by atoms with Gasteiger partial charge in [-0.3, -0.25) is 4.79 Å².